The van der Waals surface area contributed by atoms with Crippen molar-refractivity contribution in [3.8, 4) is 11.5 Å². The topological polar surface area (TPSA) is 127 Å². The number of hydrogen-bond donors (Lipinski definition) is 2. The molecule has 2 N–H and O–H groups in total. The number of amides is 1. The minimum absolute atomic E-state index is 0.158. The van der Waals surface area contributed by atoms with Crippen LogP contribution in [0, 0.1) is 0 Å². The summed E-state index contributed by atoms with van der Waals surface area (Å²) < 4.78 is 33.6. The lowest BCUT2D eigenvalue weighted by Gasteiger charge is -2.11. The number of fused-ring (bicyclic) bond motifs is 1. The zero-order valence-corrected chi connectivity index (χ0v) is 17.3. The van der Waals surface area contributed by atoms with Gasteiger partial charge >= 0.3 is 11.1 Å². The number of para-hydroxylation sites is 3. The van der Waals surface area contributed by atoms with Crippen molar-refractivity contribution in [1.82, 2.24) is 14.3 Å². The summed E-state index contributed by atoms with van der Waals surface area (Å²) in [5.74, 6) is 0.0439. The smallest absolute Gasteiger partial charge is 0.317 e. The van der Waals surface area contributed by atoms with Gasteiger partial charge in [-0.2, -0.15) is 0 Å². The molecule has 0 spiro atoms. The number of nitrogens with one attached hydrogen (secondary N) is 2. The molecule has 1 amide bonds. The summed E-state index contributed by atoms with van der Waals surface area (Å²) in [7, 11) is -4.20. The Bertz CT molecular complexity index is 1510. The van der Waals surface area contributed by atoms with Crippen LogP contribution in [0.15, 0.2) is 93.3 Å². The molecule has 1 heterocycles. The average molecular weight is 451 g/mol. The van der Waals surface area contributed by atoms with Crippen LogP contribution >= 0.6 is 0 Å². The van der Waals surface area contributed by atoms with E-state index in [0.29, 0.717) is 22.5 Å². The highest BCUT2D eigenvalue weighted by atomic mass is 32.2. The van der Waals surface area contributed by atoms with E-state index < -0.39 is 33.6 Å². The summed E-state index contributed by atoms with van der Waals surface area (Å²) in [5.41, 5.74) is -1.22. The first-order valence-corrected chi connectivity index (χ1v) is 10.9. The van der Waals surface area contributed by atoms with Gasteiger partial charge < -0.3 is 9.72 Å². The van der Waals surface area contributed by atoms with Gasteiger partial charge in [0.2, 0.25) is 0 Å². The summed E-state index contributed by atoms with van der Waals surface area (Å²) in [4.78, 5) is 38.8. The predicted octanol–water partition coefficient (Wildman–Crippen LogP) is 1.99. The largest absolute Gasteiger partial charge is 0.457 e. The van der Waals surface area contributed by atoms with Gasteiger partial charge in [-0.3, -0.25) is 19.0 Å². The summed E-state index contributed by atoms with van der Waals surface area (Å²) in [6.07, 6.45) is 0. The molecule has 162 valence electrons. The fourth-order valence-electron chi connectivity index (χ4n) is 3.08. The number of aromatic amines is 1. The lowest BCUT2D eigenvalue weighted by atomic mass is 10.3. The summed E-state index contributed by atoms with van der Waals surface area (Å²) in [5, 5.41) is 0. The van der Waals surface area contributed by atoms with Crippen molar-refractivity contribution >= 4 is 27.0 Å². The van der Waals surface area contributed by atoms with E-state index in [-0.39, 0.29) is 4.90 Å². The molecule has 1 aromatic heterocycles. The zero-order chi connectivity index (χ0) is 22.7. The number of carbonyl (C=O) groups is 1. The Labute approximate surface area is 182 Å². The first-order valence-electron chi connectivity index (χ1n) is 9.44. The first-order chi connectivity index (χ1) is 15.3. The van der Waals surface area contributed by atoms with Gasteiger partial charge in [-0.25, -0.2) is 13.1 Å². The van der Waals surface area contributed by atoms with Gasteiger partial charge in [-0.15, -0.1) is 0 Å². The fraction of sp³-hybridized carbons (Fsp3) is 0.0455. The summed E-state index contributed by atoms with van der Waals surface area (Å²) in [6.45, 7) is -0.641. The Morgan fingerprint density at radius 2 is 1.50 bits per heavy atom. The van der Waals surface area contributed by atoms with Gasteiger partial charge in [0.1, 0.15) is 18.0 Å². The average Bonchev–Trinajstić information content (AvgIpc) is 2.77. The SMILES string of the molecule is O=C(Cn1c(=O)c(=O)[nH]c2ccccc21)NS(=O)(=O)c1ccc(Oc2ccccc2)cc1. The zero-order valence-electron chi connectivity index (χ0n) is 16.5. The fourth-order valence-corrected chi connectivity index (χ4v) is 4.05. The molecule has 32 heavy (non-hydrogen) atoms. The molecule has 0 aliphatic carbocycles. The van der Waals surface area contributed by atoms with Crippen LogP contribution < -0.4 is 20.6 Å². The number of hydrogen-bond acceptors (Lipinski definition) is 6. The molecule has 0 aliphatic heterocycles. The van der Waals surface area contributed by atoms with Crippen molar-refractivity contribution in [3.05, 3.63) is 99.6 Å². The van der Waals surface area contributed by atoms with E-state index in [1.54, 1.807) is 48.5 Å². The van der Waals surface area contributed by atoms with Gasteiger partial charge in [0, 0.05) is 0 Å². The van der Waals surface area contributed by atoms with Crippen molar-refractivity contribution in [2.45, 2.75) is 11.4 Å². The molecular weight excluding hydrogens is 434 g/mol. The number of nitrogens with zero attached hydrogens (tertiary/aromatic N) is 1. The quantitative estimate of drug-likeness (QED) is 0.432. The minimum atomic E-state index is -4.20. The molecule has 0 bridgehead atoms. The van der Waals surface area contributed by atoms with Crippen LogP contribution in [0.4, 0.5) is 0 Å². The molecular formula is C22H17N3O6S. The second-order valence-corrected chi connectivity index (χ2v) is 8.46. The molecule has 0 unspecified atom stereocenters. The van der Waals surface area contributed by atoms with E-state index in [1.165, 1.54) is 24.3 Å². The maximum atomic E-state index is 12.6. The van der Waals surface area contributed by atoms with Crippen molar-refractivity contribution in [1.29, 1.82) is 0 Å². The molecule has 9 nitrogen and oxygen atoms in total. The molecule has 0 atom stereocenters. The monoisotopic (exact) mass is 451 g/mol. The number of aromatic nitrogens is 2. The number of rotatable bonds is 6. The van der Waals surface area contributed by atoms with E-state index in [2.05, 4.69) is 4.98 Å². The molecule has 3 aromatic carbocycles. The summed E-state index contributed by atoms with van der Waals surface area (Å²) in [6, 6.07) is 20.9. The van der Waals surface area contributed by atoms with Crippen molar-refractivity contribution < 1.29 is 17.9 Å². The van der Waals surface area contributed by atoms with Crippen LogP contribution in [0.1, 0.15) is 0 Å². The van der Waals surface area contributed by atoms with Gasteiger partial charge in [-0.1, -0.05) is 30.3 Å². The molecule has 0 aliphatic rings. The maximum absolute atomic E-state index is 12.6. The Morgan fingerprint density at radius 1 is 0.875 bits per heavy atom. The number of ether oxygens (including phenoxy) is 1. The Hall–Kier alpha value is -4.18. The lowest BCUT2D eigenvalue weighted by Crippen LogP contribution is -2.41. The van der Waals surface area contributed by atoms with Gasteiger partial charge in [0.05, 0.1) is 15.9 Å². The number of benzene rings is 3. The van der Waals surface area contributed by atoms with Crippen molar-refractivity contribution in [2.75, 3.05) is 0 Å². The Balaban J connectivity index is 1.52. The highest BCUT2D eigenvalue weighted by molar-refractivity contribution is 7.90. The van der Waals surface area contributed by atoms with Gasteiger partial charge in [0.15, 0.2) is 0 Å². The van der Waals surface area contributed by atoms with E-state index >= 15 is 0 Å². The normalized spacial score (nSPS) is 11.2. The minimum Gasteiger partial charge on any atom is -0.457 e. The second-order valence-electron chi connectivity index (χ2n) is 6.78. The third kappa shape index (κ3) is 4.44. The third-order valence-corrected chi connectivity index (χ3v) is 5.93. The van der Waals surface area contributed by atoms with Gasteiger partial charge in [0.25, 0.3) is 15.9 Å². The maximum Gasteiger partial charge on any atom is 0.317 e. The Kier molecular flexibility index (Phi) is 5.61. The molecule has 4 rings (SSSR count). The second kappa shape index (κ2) is 8.52. The number of H-pyrrole nitrogens is 1. The van der Waals surface area contributed by atoms with Crippen LogP contribution in [-0.2, 0) is 21.4 Å². The van der Waals surface area contributed by atoms with Crippen LogP contribution in [0.3, 0.4) is 0 Å². The van der Waals surface area contributed by atoms with E-state index in [9.17, 15) is 22.8 Å². The molecule has 4 aromatic rings. The molecule has 0 fully saturated rings. The van der Waals surface area contributed by atoms with Crippen LogP contribution in [0.25, 0.3) is 11.0 Å². The highest BCUT2D eigenvalue weighted by Gasteiger charge is 2.19. The Morgan fingerprint density at radius 3 is 2.22 bits per heavy atom. The molecule has 0 radical (unpaired) electrons. The van der Waals surface area contributed by atoms with E-state index in [1.807, 2.05) is 10.8 Å². The highest BCUT2D eigenvalue weighted by Crippen LogP contribution is 2.22. The molecule has 0 saturated carbocycles. The lowest BCUT2D eigenvalue weighted by molar-refractivity contribution is -0.119. The van der Waals surface area contributed by atoms with E-state index in [4.69, 9.17) is 4.74 Å². The first kappa shape index (κ1) is 21.1. The predicted molar refractivity (Wildman–Crippen MR) is 117 cm³/mol. The standard InChI is InChI=1S/C22H17N3O6S/c26-20(14-25-19-9-5-4-8-18(19)23-21(27)22(25)28)24-32(29,30)17-12-10-16(11-13-17)31-15-6-2-1-3-7-15/h1-13H,14H2,(H,23,27)(H,24,26). The van der Waals surface area contributed by atoms with Crippen LogP contribution in [0.2, 0.25) is 0 Å². The van der Waals surface area contributed by atoms with Crippen LogP contribution in [-0.4, -0.2) is 23.9 Å². The third-order valence-electron chi connectivity index (χ3n) is 4.55. The molecule has 10 heteroatoms. The van der Waals surface area contributed by atoms with Crippen molar-refractivity contribution in [2.24, 2.45) is 0 Å². The van der Waals surface area contributed by atoms with Gasteiger partial charge in [-0.05, 0) is 48.5 Å². The number of sulfonamides is 1. The number of carbonyl (C=O) groups excluding carboxylic acids is 1. The van der Waals surface area contributed by atoms with E-state index in [0.717, 1.165) is 4.57 Å². The molecule has 0 saturated heterocycles. The van der Waals surface area contributed by atoms with Crippen LogP contribution in [0.5, 0.6) is 11.5 Å². The van der Waals surface area contributed by atoms with Crippen molar-refractivity contribution in [3.63, 3.8) is 0 Å². The summed E-state index contributed by atoms with van der Waals surface area (Å²) >= 11 is 0.